The fourth-order valence-corrected chi connectivity index (χ4v) is 2.29. The molecular formula is C19H12F5N3O. The summed E-state index contributed by atoms with van der Waals surface area (Å²) in [5.74, 6) is -2.40. The topological polar surface area (TPSA) is 54.0 Å². The van der Waals surface area contributed by atoms with Crippen molar-refractivity contribution in [3.05, 3.63) is 83.7 Å². The van der Waals surface area contributed by atoms with Gasteiger partial charge in [0.15, 0.2) is 0 Å². The molecule has 9 heteroatoms. The molecule has 0 aliphatic rings. The summed E-state index contributed by atoms with van der Waals surface area (Å²) in [5.41, 5.74) is -0.150. The molecule has 144 valence electrons. The molecule has 0 saturated carbocycles. The number of anilines is 3. The van der Waals surface area contributed by atoms with Gasteiger partial charge in [-0.05, 0) is 48.5 Å². The van der Waals surface area contributed by atoms with Gasteiger partial charge in [0.2, 0.25) is 0 Å². The van der Waals surface area contributed by atoms with Gasteiger partial charge in [0.25, 0.3) is 5.91 Å². The van der Waals surface area contributed by atoms with Crippen LogP contribution in [0, 0.1) is 11.6 Å². The summed E-state index contributed by atoms with van der Waals surface area (Å²) in [4.78, 5) is 16.0. The molecular weight excluding hydrogens is 381 g/mol. The Labute approximate surface area is 156 Å². The number of carbonyl (C=O) groups is 1. The van der Waals surface area contributed by atoms with Gasteiger partial charge in [-0.15, -0.1) is 0 Å². The molecule has 0 aliphatic carbocycles. The van der Waals surface area contributed by atoms with Crippen molar-refractivity contribution in [3.8, 4) is 0 Å². The summed E-state index contributed by atoms with van der Waals surface area (Å²) < 4.78 is 64.1. The lowest BCUT2D eigenvalue weighted by Crippen LogP contribution is -2.14. The standard InChI is InChI=1S/C19H12F5N3O/c20-12-3-7-16(15(21)9-12)27-18(28)17-8-6-14(10-25-17)26-13-4-1-11(2-5-13)19(22,23)24/h1-10,26H,(H,27,28). The first kappa shape index (κ1) is 19.3. The van der Waals surface area contributed by atoms with E-state index in [-0.39, 0.29) is 11.4 Å². The molecule has 0 saturated heterocycles. The molecule has 0 radical (unpaired) electrons. The molecule has 3 rings (SSSR count). The van der Waals surface area contributed by atoms with Crippen molar-refractivity contribution in [2.45, 2.75) is 6.18 Å². The van der Waals surface area contributed by atoms with Gasteiger partial charge >= 0.3 is 6.18 Å². The molecule has 2 N–H and O–H groups in total. The summed E-state index contributed by atoms with van der Waals surface area (Å²) in [7, 11) is 0. The highest BCUT2D eigenvalue weighted by atomic mass is 19.4. The van der Waals surface area contributed by atoms with Gasteiger partial charge < -0.3 is 10.6 Å². The Balaban J connectivity index is 1.66. The number of carbonyl (C=O) groups excluding carboxylic acids is 1. The van der Waals surface area contributed by atoms with Crippen molar-refractivity contribution in [1.82, 2.24) is 4.98 Å². The summed E-state index contributed by atoms with van der Waals surface area (Å²) >= 11 is 0. The number of amides is 1. The third kappa shape index (κ3) is 4.61. The van der Waals surface area contributed by atoms with Crippen LogP contribution in [-0.4, -0.2) is 10.9 Å². The first-order chi connectivity index (χ1) is 13.2. The van der Waals surface area contributed by atoms with E-state index in [2.05, 4.69) is 15.6 Å². The van der Waals surface area contributed by atoms with Crippen LogP contribution < -0.4 is 10.6 Å². The summed E-state index contributed by atoms with van der Waals surface area (Å²) in [6.07, 6.45) is -3.12. The Bertz CT molecular complexity index is 986. The van der Waals surface area contributed by atoms with E-state index < -0.39 is 29.3 Å². The second-order valence-electron chi connectivity index (χ2n) is 5.71. The second-order valence-corrected chi connectivity index (χ2v) is 5.71. The van der Waals surface area contributed by atoms with Crippen LogP contribution in [0.2, 0.25) is 0 Å². The third-order valence-electron chi connectivity index (χ3n) is 3.68. The van der Waals surface area contributed by atoms with Gasteiger partial charge in [-0.2, -0.15) is 13.2 Å². The van der Waals surface area contributed by atoms with Crippen molar-refractivity contribution >= 4 is 23.0 Å². The number of nitrogens with one attached hydrogen (secondary N) is 2. The maximum absolute atomic E-state index is 13.6. The van der Waals surface area contributed by atoms with Crippen molar-refractivity contribution in [2.75, 3.05) is 10.6 Å². The van der Waals surface area contributed by atoms with Crippen molar-refractivity contribution in [1.29, 1.82) is 0 Å². The number of nitrogens with zero attached hydrogens (tertiary/aromatic N) is 1. The minimum Gasteiger partial charge on any atom is -0.354 e. The number of benzene rings is 2. The predicted octanol–water partition coefficient (Wildman–Crippen LogP) is 5.37. The van der Waals surface area contributed by atoms with E-state index in [4.69, 9.17) is 0 Å². The molecule has 1 heterocycles. The summed E-state index contributed by atoms with van der Waals surface area (Å²) in [5, 5.41) is 5.12. The van der Waals surface area contributed by atoms with Gasteiger partial charge in [0, 0.05) is 11.8 Å². The monoisotopic (exact) mass is 393 g/mol. The quantitative estimate of drug-likeness (QED) is 0.586. The third-order valence-corrected chi connectivity index (χ3v) is 3.68. The van der Waals surface area contributed by atoms with Gasteiger partial charge in [0.1, 0.15) is 17.3 Å². The van der Waals surface area contributed by atoms with Crippen molar-refractivity contribution < 1.29 is 26.7 Å². The van der Waals surface area contributed by atoms with Crippen molar-refractivity contribution in [2.24, 2.45) is 0 Å². The average Bonchev–Trinajstić information content (AvgIpc) is 2.64. The number of hydrogen-bond donors (Lipinski definition) is 2. The zero-order valence-corrected chi connectivity index (χ0v) is 14.0. The molecule has 4 nitrogen and oxygen atoms in total. The lowest BCUT2D eigenvalue weighted by molar-refractivity contribution is -0.137. The Morgan fingerprint density at radius 3 is 2.14 bits per heavy atom. The van der Waals surface area contributed by atoms with E-state index >= 15 is 0 Å². The van der Waals surface area contributed by atoms with Crippen LogP contribution in [0.5, 0.6) is 0 Å². The van der Waals surface area contributed by atoms with Crippen LogP contribution in [0.25, 0.3) is 0 Å². The molecule has 0 atom stereocenters. The first-order valence-corrected chi connectivity index (χ1v) is 7.89. The van der Waals surface area contributed by atoms with E-state index in [1.165, 1.54) is 30.5 Å². The maximum atomic E-state index is 13.6. The van der Waals surface area contributed by atoms with E-state index in [1.807, 2.05) is 0 Å². The zero-order chi connectivity index (χ0) is 20.3. The number of halogens is 5. The van der Waals surface area contributed by atoms with Gasteiger partial charge in [-0.25, -0.2) is 13.8 Å². The first-order valence-electron chi connectivity index (χ1n) is 7.89. The zero-order valence-electron chi connectivity index (χ0n) is 14.0. The Morgan fingerprint density at radius 1 is 0.893 bits per heavy atom. The van der Waals surface area contributed by atoms with E-state index in [0.717, 1.165) is 24.3 Å². The normalized spacial score (nSPS) is 11.2. The highest BCUT2D eigenvalue weighted by Crippen LogP contribution is 2.30. The number of hydrogen-bond acceptors (Lipinski definition) is 3. The SMILES string of the molecule is O=C(Nc1ccc(F)cc1F)c1ccc(Nc2ccc(C(F)(F)F)cc2)cn1. The van der Waals surface area contributed by atoms with E-state index in [0.29, 0.717) is 17.4 Å². The molecule has 0 spiro atoms. The molecule has 3 aromatic rings. The van der Waals surface area contributed by atoms with E-state index in [1.54, 1.807) is 0 Å². The molecule has 1 amide bonds. The second kappa shape index (κ2) is 7.63. The number of alkyl halides is 3. The van der Waals surface area contributed by atoms with Gasteiger partial charge in [-0.3, -0.25) is 4.79 Å². The van der Waals surface area contributed by atoms with Crippen LogP contribution in [0.3, 0.4) is 0 Å². The molecule has 1 aromatic heterocycles. The largest absolute Gasteiger partial charge is 0.416 e. The number of pyridine rings is 1. The molecule has 0 aliphatic heterocycles. The van der Waals surface area contributed by atoms with Gasteiger partial charge in [-0.1, -0.05) is 0 Å². The van der Waals surface area contributed by atoms with E-state index in [9.17, 15) is 26.7 Å². The maximum Gasteiger partial charge on any atom is 0.416 e. The van der Waals surface area contributed by atoms with Crippen LogP contribution in [0.4, 0.5) is 39.0 Å². The van der Waals surface area contributed by atoms with Crippen molar-refractivity contribution in [3.63, 3.8) is 0 Å². The van der Waals surface area contributed by atoms with Crippen LogP contribution in [0.15, 0.2) is 60.8 Å². The molecule has 0 fully saturated rings. The summed E-state index contributed by atoms with van der Waals surface area (Å²) in [6, 6.07) is 9.97. The smallest absolute Gasteiger partial charge is 0.354 e. The highest BCUT2D eigenvalue weighted by molar-refractivity contribution is 6.03. The fourth-order valence-electron chi connectivity index (χ4n) is 2.29. The molecule has 28 heavy (non-hydrogen) atoms. The number of aromatic nitrogens is 1. The molecule has 0 unspecified atom stereocenters. The Kier molecular flexibility index (Phi) is 5.25. The lowest BCUT2D eigenvalue weighted by atomic mass is 10.2. The van der Waals surface area contributed by atoms with Crippen LogP contribution in [0.1, 0.15) is 16.1 Å². The van der Waals surface area contributed by atoms with Crippen LogP contribution in [-0.2, 0) is 6.18 Å². The predicted molar refractivity (Wildman–Crippen MR) is 93.3 cm³/mol. The lowest BCUT2D eigenvalue weighted by Gasteiger charge is -2.10. The highest BCUT2D eigenvalue weighted by Gasteiger charge is 2.29. The summed E-state index contributed by atoms with van der Waals surface area (Å²) in [6.45, 7) is 0. The molecule has 0 bridgehead atoms. The fraction of sp³-hybridized carbons (Fsp3) is 0.0526. The molecule has 2 aromatic carbocycles. The average molecular weight is 393 g/mol. The number of rotatable bonds is 4. The van der Waals surface area contributed by atoms with Gasteiger partial charge in [0.05, 0.1) is 23.1 Å². The minimum atomic E-state index is -4.42. The Morgan fingerprint density at radius 2 is 1.57 bits per heavy atom. The van der Waals surface area contributed by atoms with Crippen LogP contribution >= 0.6 is 0 Å². The minimum absolute atomic E-state index is 0.0262. The Hall–Kier alpha value is -3.49.